The van der Waals surface area contributed by atoms with Crippen LogP contribution in [0.3, 0.4) is 0 Å². The molecule has 0 aliphatic carbocycles. The van der Waals surface area contributed by atoms with Gasteiger partial charge in [0.2, 0.25) is 0 Å². The maximum atomic E-state index is 7.66. The van der Waals surface area contributed by atoms with Gasteiger partial charge in [0, 0.05) is 25.2 Å². The first-order chi connectivity index (χ1) is 8.90. The molecule has 0 aliphatic rings. The Labute approximate surface area is 117 Å². The highest BCUT2D eigenvalue weighted by Crippen LogP contribution is 2.14. The van der Waals surface area contributed by atoms with Gasteiger partial charge in [0.25, 0.3) is 0 Å². The Hall–Kier alpha value is -1.35. The third-order valence-electron chi connectivity index (χ3n) is 2.95. The van der Waals surface area contributed by atoms with Crippen LogP contribution in [0.5, 0.6) is 0 Å². The van der Waals surface area contributed by atoms with Gasteiger partial charge in [0.1, 0.15) is 5.84 Å². The largest absolute Gasteiger partial charge is 0.384 e. The number of hydrogen-bond donors (Lipinski definition) is 2. The first-order valence-electron chi connectivity index (χ1n) is 7.04. The van der Waals surface area contributed by atoms with Crippen LogP contribution in [0, 0.1) is 17.2 Å². The number of rotatable bonds is 7. The zero-order valence-corrected chi connectivity index (χ0v) is 12.6. The first-order valence-corrected chi connectivity index (χ1v) is 7.04. The van der Waals surface area contributed by atoms with Crippen LogP contribution in [0.25, 0.3) is 0 Å². The maximum absolute atomic E-state index is 7.66. The Balaban J connectivity index is 2.86. The Morgan fingerprint density at radius 1 is 1.11 bits per heavy atom. The Bertz CT molecular complexity index is 400. The summed E-state index contributed by atoms with van der Waals surface area (Å²) in [5, 5.41) is 7.66. The van der Waals surface area contributed by atoms with Gasteiger partial charge in [-0.25, -0.2) is 0 Å². The number of amidine groups is 1. The third kappa shape index (κ3) is 5.43. The molecule has 0 radical (unpaired) electrons. The van der Waals surface area contributed by atoms with Crippen LogP contribution in [0.2, 0.25) is 0 Å². The summed E-state index contributed by atoms with van der Waals surface area (Å²) in [4.78, 5) is 2.46. The lowest BCUT2D eigenvalue weighted by atomic mass is 10.0. The minimum absolute atomic E-state index is 0.157. The molecule has 3 N–H and O–H groups in total. The summed E-state index contributed by atoms with van der Waals surface area (Å²) in [6, 6.07) is 7.96. The minimum atomic E-state index is 0.157. The van der Waals surface area contributed by atoms with E-state index in [1.807, 2.05) is 18.2 Å². The summed E-state index contributed by atoms with van der Waals surface area (Å²) in [6.45, 7) is 12.0. The molecule has 0 aliphatic heterocycles. The van der Waals surface area contributed by atoms with E-state index in [2.05, 4.69) is 38.7 Å². The molecule has 0 unspecified atom stereocenters. The highest BCUT2D eigenvalue weighted by Gasteiger charge is 2.13. The van der Waals surface area contributed by atoms with Crippen molar-refractivity contribution in [3.8, 4) is 0 Å². The predicted octanol–water partition coefficient (Wildman–Crippen LogP) is 3.08. The van der Waals surface area contributed by atoms with E-state index in [1.54, 1.807) is 0 Å². The number of nitrogens with one attached hydrogen (secondary N) is 1. The average Bonchev–Trinajstić information content (AvgIpc) is 2.27. The molecule has 0 amide bonds. The second-order valence-corrected chi connectivity index (χ2v) is 6.05. The van der Waals surface area contributed by atoms with Gasteiger partial charge >= 0.3 is 0 Å². The summed E-state index contributed by atoms with van der Waals surface area (Å²) in [7, 11) is 0. The van der Waals surface area contributed by atoms with Crippen LogP contribution >= 0.6 is 0 Å². The quantitative estimate of drug-likeness (QED) is 0.585. The normalized spacial score (nSPS) is 11.5. The molecular formula is C16H27N3. The van der Waals surface area contributed by atoms with E-state index >= 15 is 0 Å². The van der Waals surface area contributed by atoms with E-state index in [0.29, 0.717) is 11.8 Å². The van der Waals surface area contributed by atoms with Crippen molar-refractivity contribution in [1.82, 2.24) is 4.90 Å². The first kappa shape index (κ1) is 15.7. The van der Waals surface area contributed by atoms with Crippen molar-refractivity contribution in [2.75, 3.05) is 13.1 Å². The second-order valence-electron chi connectivity index (χ2n) is 6.05. The molecule has 0 bridgehead atoms. The van der Waals surface area contributed by atoms with Crippen molar-refractivity contribution in [2.45, 2.75) is 34.2 Å². The van der Waals surface area contributed by atoms with E-state index in [9.17, 15) is 0 Å². The summed E-state index contributed by atoms with van der Waals surface area (Å²) in [5.41, 5.74) is 7.67. The Kier molecular flexibility index (Phi) is 6.03. The molecule has 0 saturated carbocycles. The summed E-state index contributed by atoms with van der Waals surface area (Å²) in [6.07, 6.45) is 0. The number of nitrogens with zero attached hydrogens (tertiary/aromatic N) is 1. The highest BCUT2D eigenvalue weighted by molar-refractivity contribution is 5.96. The summed E-state index contributed by atoms with van der Waals surface area (Å²) in [5.74, 6) is 1.44. The third-order valence-corrected chi connectivity index (χ3v) is 2.95. The van der Waals surface area contributed by atoms with Crippen LogP contribution in [0.1, 0.15) is 38.8 Å². The van der Waals surface area contributed by atoms with E-state index in [0.717, 1.165) is 30.8 Å². The standard InChI is InChI=1S/C16H27N3/c1-12(2)9-19(10-13(3)4)11-14-7-5-6-8-15(14)16(17)18/h5-8,12-13H,9-11H2,1-4H3,(H3,17,18). The van der Waals surface area contributed by atoms with Crippen molar-refractivity contribution in [3.05, 3.63) is 35.4 Å². The molecule has 1 aromatic rings. The summed E-state index contributed by atoms with van der Waals surface area (Å²) >= 11 is 0. The molecule has 1 rings (SSSR count). The van der Waals surface area contributed by atoms with Gasteiger partial charge in [-0.15, -0.1) is 0 Å². The van der Waals surface area contributed by atoms with E-state index in [1.165, 1.54) is 0 Å². The van der Waals surface area contributed by atoms with Crippen molar-refractivity contribution in [1.29, 1.82) is 5.41 Å². The maximum Gasteiger partial charge on any atom is 0.123 e. The van der Waals surface area contributed by atoms with Crippen LogP contribution in [0.15, 0.2) is 24.3 Å². The van der Waals surface area contributed by atoms with E-state index in [4.69, 9.17) is 11.1 Å². The van der Waals surface area contributed by atoms with Crippen molar-refractivity contribution < 1.29 is 0 Å². The lowest BCUT2D eigenvalue weighted by Gasteiger charge is -2.27. The lowest BCUT2D eigenvalue weighted by molar-refractivity contribution is 0.211. The molecular weight excluding hydrogens is 234 g/mol. The average molecular weight is 261 g/mol. The molecule has 1 aromatic carbocycles. The number of hydrogen-bond acceptors (Lipinski definition) is 2. The van der Waals surface area contributed by atoms with Gasteiger partial charge in [0.05, 0.1) is 0 Å². The predicted molar refractivity (Wildman–Crippen MR) is 82.4 cm³/mol. The number of nitrogens with two attached hydrogens (primary N) is 1. The molecule has 0 atom stereocenters. The van der Waals surface area contributed by atoms with Crippen molar-refractivity contribution >= 4 is 5.84 Å². The van der Waals surface area contributed by atoms with Crippen LogP contribution in [0.4, 0.5) is 0 Å². The Morgan fingerprint density at radius 3 is 2.11 bits per heavy atom. The van der Waals surface area contributed by atoms with Gasteiger partial charge in [0.15, 0.2) is 0 Å². The van der Waals surface area contributed by atoms with E-state index in [-0.39, 0.29) is 5.84 Å². The van der Waals surface area contributed by atoms with Crippen molar-refractivity contribution in [2.24, 2.45) is 17.6 Å². The second kappa shape index (κ2) is 7.29. The van der Waals surface area contributed by atoms with Crippen LogP contribution in [-0.4, -0.2) is 23.8 Å². The molecule has 0 aromatic heterocycles. The molecule has 0 heterocycles. The molecule has 3 heteroatoms. The van der Waals surface area contributed by atoms with E-state index < -0.39 is 0 Å². The fourth-order valence-electron chi connectivity index (χ4n) is 2.40. The van der Waals surface area contributed by atoms with Crippen LogP contribution in [-0.2, 0) is 6.54 Å². The molecule has 106 valence electrons. The zero-order valence-electron chi connectivity index (χ0n) is 12.6. The van der Waals surface area contributed by atoms with Gasteiger partial charge in [-0.3, -0.25) is 10.3 Å². The number of nitrogen functional groups attached to an aromatic ring is 1. The smallest absolute Gasteiger partial charge is 0.123 e. The molecule has 0 fully saturated rings. The SMILES string of the molecule is CC(C)CN(Cc1ccccc1C(=N)N)CC(C)C. The lowest BCUT2D eigenvalue weighted by Crippen LogP contribution is -2.31. The Morgan fingerprint density at radius 2 is 1.63 bits per heavy atom. The molecule has 0 spiro atoms. The van der Waals surface area contributed by atoms with Crippen LogP contribution < -0.4 is 5.73 Å². The molecule has 3 nitrogen and oxygen atoms in total. The van der Waals surface area contributed by atoms with Gasteiger partial charge in [-0.2, -0.15) is 0 Å². The monoisotopic (exact) mass is 261 g/mol. The highest BCUT2D eigenvalue weighted by atomic mass is 15.1. The van der Waals surface area contributed by atoms with Gasteiger partial charge in [-0.05, 0) is 17.4 Å². The minimum Gasteiger partial charge on any atom is -0.384 e. The molecule has 19 heavy (non-hydrogen) atoms. The van der Waals surface area contributed by atoms with Gasteiger partial charge < -0.3 is 5.73 Å². The fourth-order valence-corrected chi connectivity index (χ4v) is 2.40. The molecule has 0 saturated heterocycles. The zero-order chi connectivity index (χ0) is 14.4. The topological polar surface area (TPSA) is 53.1 Å². The van der Waals surface area contributed by atoms with Gasteiger partial charge in [-0.1, -0.05) is 52.0 Å². The summed E-state index contributed by atoms with van der Waals surface area (Å²) < 4.78 is 0. The van der Waals surface area contributed by atoms with Crippen molar-refractivity contribution in [3.63, 3.8) is 0 Å². The fraction of sp³-hybridized carbons (Fsp3) is 0.562. The number of benzene rings is 1.